The zero-order chi connectivity index (χ0) is 4.57. The average Bonchev–Trinajstić information content (AvgIpc) is 1.61. The standard InChI is InChI=1S/C5H9B/c1-4-2-3-5(4)6/h4-5H,2-3H2,1H3. The largest absolute Gasteiger partial charge is 0.0749 e. The Balaban J connectivity index is 2.20. The molecule has 0 amide bonds. The van der Waals surface area contributed by atoms with Crippen molar-refractivity contribution < 1.29 is 0 Å². The number of hydrogen-bond donors (Lipinski definition) is 0. The second-order valence-electron chi connectivity index (χ2n) is 2.22. The molecule has 6 heavy (non-hydrogen) atoms. The monoisotopic (exact) mass is 80.1 g/mol. The zero-order valence-electron chi connectivity index (χ0n) is 4.15. The molecule has 0 nitrogen and oxygen atoms in total. The maximum atomic E-state index is 5.52. The van der Waals surface area contributed by atoms with Crippen LogP contribution in [-0.2, 0) is 0 Å². The summed E-state index contributed by atoms with van der Waals surface area (Å²) in [5.74, 6) is 1.34. The van der Waals surface area contributed by atoms with Gasteiger partial charge in [0.15, 0.2) is 0 Å². The molecule has 1 aliphatic rings. The lowest BCUT2D eigenvalue weighted by molar-refractivity contribution is 0.347. The molecule has 1 aliphatic carbocycles. The van der Waals surface area contributed by atoms with Crippen LogP contribution in [0.25, 0.3) is 0 Å². The van der Waals surface area contributed by atoms with Gasteiger partial charge in [-0.15, -0.1) is 0 Å². The Bertz CT molecular complexity index is 43.9. The summed E-state index contributed by atoms with van der Waals surface area (Å²) in [6, 6.07) is 0. The number of rotatable bonds is 0. The Kier molecular flexibility index (Phi) is 0.907. The van der Waals surface area contributed by atoms with Crippen LogP contribution in [0.1, 0.15) is 19.8 Å². The molecule has 1 fully saturated rings. The fourth-order valence-corrected chi connectivity index (χ4v) is 0.692. The minimum atomic E-state index is 0.532. The van der Waals surface area contributed by atoms with Crippen molar-refractivity contribution in [2.75, 3.05) is 0 Å². The van der Waals surface area contributed by atoms with Crippen LogP contribution >= 0.6 is 0 Å². The molecule has 0 aromatic rings. The lowest BCUT2D eigenvalue weighted by Gasteiger charge is -2.30. The van der Waals surface area contributed by atoms with E-state index in [0.29, 0.717) is 5.82 Å². The minimum Gasteiger partial charge on any atom is -0.0749 e. The third-order valence-corrected chi connectivity index (χ3v) is 1.69. The molecular formula is C5H9B. The SMILES string of the molecule is [B]C1CCC1C. The smallest absolute Gasteiger partial charge is 0.0703 e. The highest BCUT2D eigenvalue weighted by Gasteiger charge is 2.20. The molecule has 0 bridgehead atoms. The summed E-state index contributed by atoms with van der Waals surface area (Å²) in [5, 5.41) is 0. The first-order chi connectivity index (χ1) is 2.80. The molecule has 1 heteroatoms. The normalized spacial score (nSPS) is 44.8. The fourth-order valence-electron chi connectivity index (χ4n) is 0.692. The molecule has 0 saturated heterocycles. The van der Waals surface area contributed by atoms with Gasteiger partial charge in [-0.3, -0.25) is 0 Å². The molecule has 2 unspecified atom stereocenters. The van der Waals surface area contributed by atoms with E-state index in [1.54, 1.807) is 0 Å². The van der Waals surface area contributed by atoms with Gasteiger partial charge in [0.1, 0.15) is 0 Å². The summed E-state index contributed by atoms with van der Waals surface area (Å²) >= 11 is 0. The summed E-state index contributed by atoms with van der Waals surface area (Å²) < 4.78 is 0. The van der Waals surface area contributed by atoms with Crippen LogP contribution in [0.5, 0.6) is 0 Å². The van der Waals surface area contributed by atoms with Crippen LogP contribution in [-0.4, -0.2) is 7.85 Å². The van der Waals surface area contributed by atoms with Crippen LogP contribution in [0.2, 0.25) is 5.82 Å². The lowest BCUT2D eigenvalue weighted by Crippen LogP contribution is -2.16. The first-order valence-electron chi connectivity index (χ1n) is 2.56. The van der Waals surface area contributed by atoms with Crippen molar-refractivity contribution in [1.29, 1.82) is 0 Å². The summed E-state index contributed by atoms with van der Waals surface area (Å²) in [6.07, 6.45) is 2.60. The van der Waals surface area contributed by atoms with Crippen molar-refractivity contribution >= 4 is 7.85 Å². The maximum absolute atomic E-state index is 5.52. The Morgan fingerprint density at radius 2 is 2.00 bits per heavy atom. The fraction of sp³-hybridized carbons (Fsp3) is 1.00. The van der Waals surface area contributed by atoms with Gasteiger partial charge in [0.25, 0.3) is 0 Å². The van der Waals surface area contributed by atoms with Gasteiger partial charge in [-0.25, -0.2) is 0 Å². The Morgan fingerprint density at radius 3 is 2.00 bits per heavy atom. The van der Waals surface area contributed by atoms with Crippen molar-refractivity contribution in [3.8, 4) is 0 Å². The van der Waals surface area contributed by atoms with E-state index < -0.39 is 0 Å². The highest BCUT2D eigenvalue weighted by atomic mass is 14.2. The number of hydrogen-bond acceptors (Lipinski definition) is 0. The molecule has 2 radical (unpaired) electrons. The van der Waals surface area contributed by atoms with E-state index in [0.717, 1.165) is 5.92 Å². The van der Waals surface area contributed by atoms with Crippen molar-refractivity contribution in [2.45, 2.75) is 25.6 Å². The predicted molar refractivity (Wildman–Crippen MR) is 27.9 cm³/mol. The van der Waals surface area contributed by atoms with Gasteiger partial charge in [0.2, 0.25) is 0 Å². The molecule has 2 atom stereocenters. The van der Waals surface area contributed by atoms with E-state index in [9.17, 15) is 0 Å². The highest BCUT2D eigenvalue weighted by Crippen LogP contribution is 2.35. The molecule has 0 heterocycles. The zero-order valence-corrected chi connectivity index (χ0v) is 4.15. The van der Waals surface area contributed by atoms with E-state index >= 15 is 0 Å². The van der Waals surface area contributed by atoms with Crippen molar-refractivity contribution in [3.05, 3.63) is 0 Å². The first kappa shape index (κ1) is 4.23. The summed E-state index contributed by atoms with van der Waals surface area (Å²) in [5.41, 5.74) is 0. The molecule has 32 valence electrons. The van der Waals surface area contributed by atoms with Crippen molar-refractivity contribution in [3.63, 3.8) is 0 Å². The van der Waals surface area contributed by atoms with E-state index in [-0.39, 0.29) is 0 Å². The van der Waals surface area contributed by atoms with E-state index in [4.69, 9.17) is 7.85 Å². The second kappa shape index (κ2) is 1.29. The van der Waals surface area contributed by atoms with Crippen LogP contribution in [0.4, 0.5) is 0 Å². The van der Waals surface area contributed by atoms with Gasteiger partial charge in [0, 0.05) is 0 Å². The van der Waals surface area contributed by atoms with Crippen molar-refractivity contribution in [1.82, 2.24) is 0 Å². The van der Waals surface area contributed by atoms with Gasteiger partial charge in [-0.2, -0.15) is 0 Å². The van der Waals surface area contributed by atoms with Crippen LogP contribution in [0.15, 0.2) is 0 Å². The van der Waals surface area contributed by atoms with E-state index in [1.807, 2.05) is 0 Å². The molecular weight excluding hydrogens is 70.9 g/mol. The summed E-state index contributed by atoms with van der Waals surface area (Å²) in [7, 11) is 5.52. The Morgan fingerprint density at radius 1 is 1.50 bits per heavy atom. The Labute approximate surface area is 40.3 Å². The van der Waals surface area contributed by atoms with Gasteiger partial charge >= 0.3 is 0 Å². The Hall–Kier alpha value is 0.0649. The quantitative estimate of drug-likeness (QED) is 0.385. The maximum Gasteiger partial charge on any atom is 0.0703 e. The lowest BCUT2D eigenvalue weighted by atomic mass is 9.63. The molecule has 0 spiro atoms. The third-order valence-electron chi connectivity index (χ3n) is 1.69. The predicted octanol–water partition coefficient (Wildman–Crippen LogP) is 1.37. The van der Waals surface area contributed by atoms with Gasteiger partial charge in [-0.1, -0.05) is 25.6 Å². The highest BCUT2D eigenvalue weighted by molar-refractivity contribution is 6.12. The molecule has 0 aromatic carbocycles. The molecule has 0 aromatic heterocycles. The van der Waals surface area contributed by atoms with Crippen LogP contribution in [0, 0.1) is 5.92 Å². The van der Waals surface area contributed by atoms with E-state index in [2.05, 4.69) is 6.92 Å². The molecule has 0 aliphatic heterocycles. The molecule has 1 saturated carbocycles. The van der Waals surface area contributed by atoms with Gasteiger partial charge in [0.05, 0.1) is 7.85 Å². The van der Waals surface area contributed by atoms with Crippen LogP contribution < -0.4 is 0 Å². The topological polar surface area (TPSA) is 0 Å². The second-order valence-corrected chi connectivity index (χ2v) is 2.22. The third kappa shape index (κ3) is 0.465. The molecule has 1 rings (SSSR count). The average molecular weight is 79.9 g/mol. The van der Waals surface area contributed by atoms with Crippen LogP contribution in [0.3, 0.4) is 0 Å². The first-order valence-corrected chi connectivity index (χ1v) is 2.56. The van der Waals surface area contributed by atoms with Gasteiger partial charge in [-0.05, 0) is 5.92 Å². The minimum absolute atomic E-state index is 0.532. The van der Waals surface area contributed by atoms with Crippen molar-refractivity contribution in [2.24, 2.45) is 5.92 Å². The summed E-state index contributed by atoms with van der Waals surface area (Å²) in [6.45, 7) is 2.20. The van der Waals surface area contributed by atoms with E-state index in [1.165, 1.54) is 12.8 Å². The van der Waals surface area contributed by atoms with Gasteiger partial charge < -0.3 is 0 Å². The molecule has 0 N–H and O–H groups in total. The summed E-state index contributed by atoms with van der Waals surface area (Å²) in [4.78, 5) is 0.